The Balaban J connectivity index is 1.26. The zero-order chi connectivity index (χ0) is 22.6. The average molecular weight is 460 g/mol. The van der Waals surface area contributed by atoms with Gasteiger partial charge in [0.15, 0.2) is 11.0 Å². The average Bonchev–Trinajstić information content (AvgIpc) is 3.17. The fourth-order valence-corrected chi connectivity index (χ4v) is 4.52. The molecule has 0 fully saturated rings. The molecule has 1 aliphatic heterocycles. The smallest absolute Gasteiger partial charge is 0.304 e. The van der Waals surface area contributed by atoms with E-state index in [1.807, 2.05) is 35.9 Å². The Morgan fingerprint density at radius 3 is 2.69 bits per heavy atom. The van der Waals surface area contributed by atoms with Gasteiger partial charge in [-0.25, -0.2) is 0 Å². The van der Waals surface area contributed by atoms with Crippen LogP contribution in [0.1, 0.15) is 24.0 Å². The molecule has 32 heavy (non-hydrogen) atoms. The second kappa shape index (κ2) is 9.87. The SMILES string of the molecule is Cn1c(SCCCN2CC=C(c3cccc(C(F)(F)F)c3)CC2)nnc1-c1ccccn1. The largest absolute Gasteiger partial charge is 0.416 e. The van der Waals surface area contributed by atoms with Gasteiger partial charge in [-0.3, -0.25) is 9.88 Å². The molecule has 168 valence electrons. The maximum Gasteiger partial charge on any atom is 0.416 e. The number of nitrogens with zero attached hydrogens (tertiary/aromatic N) is 5. The van der Waals surface area contributed by atoms with Crippen molar-refractivity contribution in [1.29, 1.82) is 0 Å². The van der Waals surface area contributed by atoms with E-state index < -0.39 is 11.7 Å². The Hall–Kier alpha value is -2.65. The number of halogens is 3. The van der Waals surface area contributed by atoms with E-state index in [-0.39, 0.29) is 0 Å². The van der Waals surface area contributed by atoms with Gasteiger partial charge in [-0.05, 0) is 54.8 Å². The van der Waals surface area contributed by atoms with E-state index in [4.69, 9.17) is 0 Å². The van der Waals surface area contributed by atoms with Crippen molar-refractivity contribution in [3.63, 3.8) is 0 Å². The molecule has 0 saturated heterocycles. The zero-order valence-corrected chi connectivity index (χ0v) is 18.5. The molecule has 2 aromatic heterocycles. The standard InChI is InChI=1S/C23H24F3N5S/c1-30-21(20-8-2-3-11-27-20)28-29-22(30)32-15-5-12-31-13-9-17(10-14-31)18-6-4-7-19(16-18)23(24,25)26/h2-4,6-9,11,16H,5,10,12-15H2,1H3. The number of alkyl halides is 3. The summed E-state index contributed by atoms with van der Waals surface area (Å²) in [6.07, 6.45) is 1.22. The number of aromatic nitrogens is 4. The molecule has 3 aromatic rings. The molecule has 0 bridgehead atoms. The third-order valence-electron chi connectivity index (χ3n) is 5.43. The van der Waals surface area contributed by atoms with Crippen LogP contribution in [0.2, 0.25) is 0 Å². The fourth-order valence-electron chi connectivity index (χ4n) is 3.68. The van der Waals surface area contributed by atoms with Crippen LogP contribution in [0.25, 0.3) is 17.1 Å². The van der Waals surface area contributed by atoms with E-state index in [2.05, 4.69) is 20.1 Å². The maximum atomic E-state index is 13.0. The van der Waals surface area contributed by atoms with Crippen LogP contribution < -0.4 is 0 Å². The van der Waals surface area contributed by atoms with Gasteiger partial charge in [-0.1, -0.05) is 36.0 Å². The normalized spacial score (nSPS) is 15.1. The number of rotatable bonds is 7. The highest BCUT2D eigenvalue weighted by molar-refractivity contribution is 7.99. The second-order valence-electron chi connectivity index (χ2n) is 7.64. The van der Waals surface area contributed by atoms with E-state index in [9.17, 15) is 13.2 Å². The quantitative estimate of drug-likeness (QED) is 0.361. The summed E-state index contributed by atoms with van der Waals surface area (Å²) in [4.78, 5) is 6.65. The van der Waals surface area contributed by atoms with Gasteiger partial charge < -0.3 is 4.57 Å². The summed E-state index contributed by atoms with van der Waals surface area (Å²) in [5, 5.41) is 9.39. The van der Waals surface area contributed by atoms with Crippen LogP contribution in [0.15, 0.2) is 59.9 Å². The van der Waals surface area contributed by atoms with Gasteiger partial charge in [0.25, 0.3) is 0 Å². The van der Waals surface area contributed by atoms with Crippen LogP contribution in [-0.4, -0.2) is 50.0 Å². The molecule has 0 unspecified atom stereocenters. The molecule has 1 aromatic carbocycles. The van der Waals surface area contributed by atoms with E-state index in [0.29, 0.717) is 5.56 Å². The molecule has 9 heteroatoms. The van der Waals surface area contributed by atoms with Gasteiger partial charge in [0, 0.05) is 32.1 Å². The lowest BCUT2D eigenvalue weighted by molar-refractivity contribution is -0.137. The first-order valence-corrected chi connectivity index (χ1v) is 11.4. The number of hydrogen-bond acceptors (Lipinski definition) is 5. The first-order valence-electron chi connectivity index (χ1n) is 10.4. The fraction of sp³-hybridized carbons (Fsp3) is 0.348. The monoisotopic (exact) mass is 459 g/mol. The van der Waals surface area contributed by atoms with Crippen molar-refractivity contribution in [2.24, 2.45) is 7.05 Å². The van der Waals surface area contributed by atoms with Gasteiger partial charge in [-0.15, -0.1) is 10.2 Å². The van der Waals surface area contributed by atoms with Crippen LogP contribution in [0.4, 0.5) is 13.2 Å². The van der Waals surface area contributed by atoms with Crippen molar-refractivity contribution in [2.75, 3.05) is 25.4 Å². The second-order valence-corrected chi connectivity index (χ2v) is 8.70. The minimum Gasteiger partial charge on any atom is -0.304 e. The van der Waals surface area contributed by atoms with Crippen LogP contribution in [0.3, 0.4) is 0 Å². The third-order valence-corrected chi connectivity index (χ3v) is 6.54. The summed E-state index contributed by atoms with van der Waals surface area (Å²) in [5.41, 5.74) is 1.86. The lowest BCUT2D eigenvalue weighted by atomic mass is 9.97. The van der Waals surface area contributed by atoms with Crippen molar-refractivity contribution in [2.45, 2.75) is 24.2 Å². The molecular weight excluding hydrogens is 435 g/mol. The predicted molar refractivity (Wildman–Crippen MR) is 120 cm³/mol. The Morgan fingerprint density at radius 1 is 1.09 bits per heavy atom. The molecule has 0 radical (unpaired) electrons. The van der Waals surface area contributed by atoms with Crippen molar-refractivity contribution in [3.8, 4) is 11.5 Å². The summed E-state index contributed by atoms with van der Waals surface area (Å²) in [6.45, 7) is 2.54. The molecule has 0 amide bonds. The molecule has 0 atom stereocenters. The van der Waals surface area contributed by atoms with E-state index in [0.717, 1.165) is 66.5 Å². The molecule has 1 aliphatic rings. The Kier molecular flexibility index (Phi) is 6.95. The van der Waals surface area contributed by atoms with Crippen LogP contribution >= 0.6 is 11.8 Å². The van der Waals surface area contributed by atoms with E-state index >= 15 is 0 Å². The van der Waals surface area contributed by atoms with Crippen molar-refractivity contribution >= 4 is 17.3 Å². The Morgan fingerprint density at radius 2 is 1.97 bits per heavy atom. The molecule has 4 rings (SSSR count). The number of thioether (sulfide) groups is 1. The Labute approximate surface area is 189 Å². The number of hydrogen-bond donors (Lipinski definition) is 0. The van der Waals surface area contributed by atoms with Crippen LogP contribution in [0.5, 0.6) is 0 Å². The first-order chi connectivity index (χ1) is 15.4. The van der Waals surface area contributed by atoms with Gasteiger partial charge in [0.2, 0.25) is 0 Å². The third kappa shape index (κ3) is 5.39. The molecule has 5 nitrogen and oxygen atoms in total. The lowest BCUT2D eigenvalue weighted by Crippen LogP contribution is -2.29. The lowest BCUT2D eigenvalue weighted by Gasteiger charge is -2.26. The summed E-state index contributed by atoms with van der Waals surface area (Å²) in [7, 11) is 1.94. The molecule has 3 heterocycles. The van der Waals surface area contributed by atoms with Crippen LogP contribution in [0, 0.1) is 0 Å². The van der Waals surface area contributed by atoms with E-state index in [1.165, 1.54) is 12.1 Å². The molecule has 0 N–H and O–H groups in total. The zero-order valence-electron chi connectivity index (χ0n) is 17.7. The molecule has 0 spiro atoms. The molecular formula is C23H24F3N5S. The van der Waals surface area contributed by atoms with Crippen molar-refractivity contribution in [1.82, 2.24) is 24.6 Å². The Bertz CT molecular complexity index is 1080. The topological polar surface area (TPSA) is 46.8 Å². The highest BCUT2D eigenvalue weighted by Gasteiger charge is 2.30. The van der Waals surface area contributed by atoms with Gasteiger partial charge >= 0.3 is 6.18 Å². The minimum absolute atomic E-state index is 0.592. The first kappa shape index (κ1) is 22.5. The number of benzene rings is 1. The minimum atomic E-state index is -4.31. The highest BCUT2D eigenvalue weighted by atomic mass is 32.2. The highest BCUT2D eigenvalue weighted by Crippen LogP contribution is 2.32. The van der Waals surface area contributed by atoms with Gasteiger partial charge in [0.05, 0.1) is 5.56 Å². The number of pyridine rings is 1. The summed E-state index contributed by atoms with van der Waals surface area (Å²) in [6, 6.07) is 11.3. The summed E-state index contributed by atoms with van der Waals surface area (Å²) >= 11 is 1.67. The van der Waals surface area contributed by atoms with Gasteiger partial charge in [-0.2, -0.15) is 13.2 Å². The van der Waals surface area contributed by atoms with Crippen LogP contribution in [-0.2, 0) is 13.2 Å². The maximum absolute atomic E-state index is 13.0. The summed E-state index contributed by atoms with van der Waals surface area (Å²) in [5.74, 6) is 1.66. The van der Waals surface area contributed by atoms with E-state index in [1.54, 1.807) is 24.0 Å². The van der Waals surface area contributed by atoms with Crippen molar-refractivity contribution < 1.29 is 13.2 Å². The molecule has 0 saturated carbocycles. The van der Waals surface area contributed by atoms with Gasteiger partial charge in [0.1, 0.15) is 5.69 Å². The molecule has 0 aliphatic carbocycles. The predicted octanol–water partition coefficient (Wildman–Crippen LogP) is 5.17. The van der Waals surface area contributed by atoms with Crippen molar-refractivity contribution in [3.05, 3.63) is 65.9 Å². The summed E-state index contributed by atoms with van der Waals surface area (Å²) < 4.78 is 40.8.